The summed E-state index contributed by atoms with van der Waals surface area (Å²) in [7, 11) is 0. The van der Waals surface area contributed by atoms with Gasteiger partial charge in [-0.2, -0.15) is 0 Å². The minimum atomic E-state index is -0.0373. The van der Waals surface area contributed by atoms with E-state index in [1.54, 1.807) is 11.8 Å². The molecule has 3 rings (SSSR count). The Bertz CT molecular complexity index is 671. The highest BCUT2D eigenvalue weighted by Gasteiger charge is 2.16. The number of thioether (sulfide) groups is 1. The van der Waals surface area contributed by atoms with Crippen molar-refractivity contribution in [3.63, 3.8) is 0 Å². The molecule has 1 aliphatic heterocycles. The Kier molecular flexibility index (Phi) is 3.59. The summed E-state index contributed by atoms with van der Waals surface area (Å²) < 4.78 is 0. The lowest BCUT2D eigenvalue weighted by atomic mass is 10.3. The van der Waals surface area contributed by atoms with E-state index in [0.29, 0.717) is 24.7 Å². The highest BCUT2D eigenvalue weighted by atomic mass is 35.5. The van der Waals surface area contributed by atoms with E-state index in [0.717, 1.165) is 21.2 Å². The second-order valence-corrected chi connectivity index (χ2v) is 5.68. The SMILES string of the molecule is O=c1[nH]c(CSc2ccccc2Cl)nc2c1CNC2. The maximum absolute atomic E-state index is 11.8. The Morgan fingerprint density at radius 3 is 3.00 bits per heavy atom. The molecule has 1 aliphatic rings. The van der Waals surface area contributed by atoms with Crippen molar-refractivity contribution in [3.05, 3.63) is 56.7 Å². The number of hydrogen-bond acceptors (Lipinski definition) is 4. The standard InChI is InChI=1S/C13H12ClN3OS/c14-9-3-1-2-4-11(9)19-7-12-16-10-6-15-5-8(10)13(18)17-12/h1-4,15H,5-7H2,(H,16,17,18). The van der Waals surface area contributed by atoms with Crippen molar-refractivity contribution < 1.29 is 0 Å². The predicted molar refractivity (Wildman–Crippen MR) is 76.4 cm³/mol. The maximum atomic E-state index is 11.8. The van der Waals surface area contributed by atoms with Crippen LogP contribution >= 0.6 is 23.4 Å². The lowest BCUT2D eigenvalue weighted by molar-refractivity contribution is 0.756. The number of halogens is 1. The van der Waals surface area contributed by atoms with Crippen molar-refractivity contribution >= 4 is 23.4 Å². The molecular formula is C13H12ClN3OS. The zero-order valence-corrected chi connectivity index (χ0v) is 11.6. The van der Waals surface area contributed by atoms with Gasteiger partial charge in [-0.25, -0.2) is 4.98 Å². The van der Waals surface area contributed by atoms with E-state index >= 15 is 0 Å². The Morgan fingerprint density at radius 2 is 2.16 bits per heavy atom. The molecule has 0 aliphatic carbocycles. The molecule has 1 aromatic carbocycles. The van der Waals surface area contributed by atoms with Crippen LogP contribution in [0.3, 0.4) is 0 Å². The normalized spacial score (nSPS) is 13.5. The number of hydrogen-bond donors (Lipinski definition) is 2. The van der Waals surface area contributed by atoms with Crippen LogP contribution in [0.4, 0.5) is 0 Å². The van der Waals surface area contributed by atoms with Crippen molar-refractivity contribution in [1.29, 1.82) is 0 Å². The van der Waals surface area contributed by atoms with Gasteiger partial charge >= 0.3 is 0 Å². The Hall–Kier alpha value is -1.30. The number of H-pyrrole nitrogens is 1. The summed E-state index contributed by atoms with van der Waals surface area (Å²) in [6, 6.07) is 7.65. The van der Waals surface area contributed by atoms with Gasteiger partial charge in [-0.1, -0.05) is 23.7 Å². The first-order chi connectivity index (χ1) is 9.24. The molecule has 0 unspecified atom stereocenters. The lowest BCUT2D eigenvalue weighted by Gasteiger charge is -2.05. The van der Waals surface area contributed by atoms with Gasteiger partial charge in [0.25, 0.3) is 5.56 Å². The van der Waals surface area contributed by atoms with E-state index in [1.807, 2.05) is 24.3 Å². The molecule has 0 atom stereocenters. The van der Waals surface area contributed by atoms with Crippen LogP contribution in [0.2, 0.25) is 5.02 Å². The van der Waals surface area contributed by atoms with Crippen LogP contribution in [0.5, 0.6) is 0 Å². The predicted octanol–water partition coefficient (Wildman–Crippen LogP) is 2.32. The van der Waals surface area contributed by atoms with E-state index in [9.17, 15) is 4.79 Å². The third kappa shape index (κ3) is 2.68. The lowest BCUT2D eigenvalue weighted by Crippen LogP contribution is -2.17. The van der Waals surface area contributed by atoms with Gasteiger partial charge in [-0.15, -0.1) is 11.8 Å². The van der Waals surface area contributed by atoms with Crippen LogP contribution in [-0.4, -0.2) is 9.97 Å². The molecule has 4 nitrogen and oxygen atoms in total. The van der Waals surface area contributed by atoms with E-state index in [4.69, 9.17) is 11.6 Å². The first-order valence-corrected chi connectivity index (χ1v) is 7.29. The largest absolute Gasteiger partial charge is 0.310 e. The van der Waals surface area contributed by atoms with Gasteiger partial charge < -0.3 is 10.3 Å². The van der Waals surface area contributed by atoms with Crippen LogP contribution in [0.15, 0.2) is 34.0 Å². The molecule has 0 saturated heterocycles. The van der Waals surface area contributed by atoms with Crippen LogP contribution in [0.25, 0.3) is 0 Å². The summed E-state index contributed by atoms with van der Waals surface area (Å²) in [5.74, 6) is 1.30. The molecule has 2 aromatic rings. The van der Waals surface area contributed by atoms with E-state index in [1.165, 1.54) is 0 Å². The molecule has 0 radical (unpaired) electrons. The van der Waals surface area contributed by atoms with Crippen molar-refractivity contribution in [3.8, 4) is 0 Å². The number of aromatic nitrogens is 2. The van der Waals surface area contributed by atoms with Crippen LogP contribution in [-0.2, 0) is 18.8 Å². The number of fused-ring (bicyclic) bond motifs is 1. The van der Waals surface area contributed by atoms with Crippen molar-refractivity contribution in [2.75, 3.05) is 0 Å². The Balaban J connectivity index is 1.80. The molecule has 98 valence electrons. The molecule has 0 saturated carbocycles. The summed E-state index contributed by atoms with van der Waals surface area (Å²) >= 11 is 7.66. The van der Waals surface area contributed by atoms with Gasteiger partial charge in [0.05, 0.1) is 22.0 Å². The fourth-order valence-corrected chi connectivity index (χ4v) is 3.12. The number of aromatic amines is 1. The number of rotatable bonds is 3. The van der Waals surface area contributed by atoms with Crippen molar-refractivity contribution in [1.82, 2.24) is 15.3 Å². The minimum absolute atomic E-state index is 0.0373. The average molecular weight is 294 g/mol. The molecule has 2 heterocycles. The summed E-state index contributed by atoms with van der Waals surface area (Å²) in [5.41, 5.74) is 1.58. The summed E-state index contributed by atoms with van der Waals surface area (Å²) in [6.45, 7) is 1.28. The molecule has 1 aromatic heterocycles. The van der Waals surface area contributed by atoms with Crippen LogP contribution in [0.1, 0.15) is 17.1 Å². The summed E-state index contributed by atoms with van der Waals surface area (Å²) in [4.78, 5) is 20.1. The molecule has 2 N–H and O–H groups in total. The Morgan fingerprint density at radius 1 is 1.32 bits per heavy atom. The minimum Gasteiger partial charge on any atom is -0.310 e. The van der Waals surface area contributed by atoms with Crippen LogP contribution in [0, 0.1) is 0 Å². The topological polar surface area (TPSA) is 57.8 Å². The third-order valence-electron chi connectivity index (χ3n) is 2.95. The molecule has 0 bridgehead atoms. The molecular weight excluding hydrogens is 282 g/mol. The van der Waals surface area contributed by atoms with Gasteiger partial charge in [-0.05, 0) is 12.1 Å². The van der Waals surface area contributed by atoms with Gasteiger partial charge in [0, 0.05) is 18.0 Å². The fourth-order valence-electron chi connectivity index (χ4n) is 2.01. The number of nitrogens with zero attached hydrogens (tertiary/aromatic N) is 1. The van der Waals surface area contributed by atoms with Gasteiger partial charge in [0.2, 0.25) is 0 Å². The second-order valence-electron chi connectivity index (χ2n) is 4.26. The first kappa shape index (κ1) is 12.7. The van der Waals surface area contributed by atoms with Gasteiger partial charge in [0.1, 0.15) is 5.82 Å². The third-order valence-corrected chi connectivity index (χ3v) is 4.47. The Labute approximate surface area is 119 Å². The monoisotopic (exact) mass is 293 g/mol. The first-order valence-electron chi connectivity index (χ1n) is 5.93. The molecule has 0 fully saturated rings. The van der Waals surface area contributed by atoms with Gasteiger partial charge in [-0.3, -0.25) is 4.79 Å². The van der Waals surface area contributed by atoms with E-state index < -0.39 is 0 Å². The average Bonchev–Trinajstić information content (AvgIpc) is 2.87. The zero-order chi connectivity index (χ0) is 13.2. The summed E-state index contributed by atoms with van der Waals surface area (Å²) in [6.07, 6.45) is 0. The second kappa shape index (κ2) is 5.36. The quantitative estimate of drug-likeness (QED) is 0.853. The molecule has 0 amide bonds. The molecule has 0 spiro atoms. The molecule has 6 heteroatoms. The van der Waals surface area contributed by atoms with Gasteiger partial charge in [0.15, 0.2) is 0 Å². The fraction of sp³-hybridized carbons (Fsp3) is 0.231. The smallest absolute Gasteiger partial charge is 0.255 e. The van der Waals surface area contributed by atoms with Crippen molar-refractivity contribution in [2.45, 2.75) is 23.7 Å². The summed E-state index contributed by atoms with van der Waals surface area (Å²) in [5, 5.41) is 3.85. The molecule has 19 heavy (non-hydrogen) atoms. The zero-order valence-electron chi connectivity index (χ0n) is 10.1. The highest BCUT2D eigenvalue weighted by molar-refractivity contribution is 7.98. The van der Waals surface area contributed by atoms with E-state index in [2.05, 4.69) is 15.3 Å². The van der Waals surface area contributed by atoms with Crippen molar-refractivity contribution in [2.24, 2.45) is 0 Å². The highest BCUT2D eigenvalue weighted by Crippen LogP contribution is 2.28. The maximum Gasteiger partial charge on any atom is 0.255 e. The van der Waals surface area contributed by atoms with E-state index in [-0.39, 0.29) is 5.56 Å². The number of nitrogens with one attached hydrogen (secondary N) is 2. The number of benzene rings is 1. The van der Waals surface area contributed by atoms with Crippen LogP contribution < -0.4 is 10.9 Å².